The third kappa shape index (κ3) is 4.92. The van der Waals surface area contributed by atoms with E-state index >= 15 is 0 Å². The monoisotopic (exact) mass is 413 g/mol. The molecular weight excluding hydrogens is 393 g/mol. The van der Waals surface area contributed by atoms with E-state index < -0.39 is 0 Å². The number of nitrogens with one attached hydrogen (secondary N) is 1. The van der Waals surface area contributed by atoms with Gasteiger partial charge in [-0.1, -0.05) is 23.7 Å². The Kier molecular flexibility index (Phi) is 5.76. The van der Waals surface area contributed by atoms with Crippen LogP contribution in [-0.2, 0) is 6.54 Å². The lowest BCUT2D eigenvalue weighted by atomic mass is 10.1. The number of hydrogen-bond acceptors (Lipinski definition) is 5. The van der Waals surface area contributed by atoms with Crippen LogP contribution in [0.1, 0.15) is 12.0 Å². The van der Waals surface area contributed by atoms with Crippen molar-refractivity contribution in [1.82, 2.24) is 14.5 Å². The molecular formula is C21H21ClFN5O. The molecule has 1 aliphatic heterocycles. The quantitative estimate of drug-likeness (QED) is 0.671. The number of aromatic nitrogens is 3. The molecule has 6 nitrogen and oxygen atoms in total. The molecule has 3 aromatic rings. The predicted molar refractivity (Wildman–Crippen MR) is 112 cm³/mol. The Bertz CT molecular complexity index is 1020. The first-order valence-electron chi connectivity index (χ1n) is 9.49. The summed E-state index contributed by atoms with van der Waals surface area (Å²) in [6.07, 6.45) is 2.52. The highest BCUT2D eigenvalue weighted by Crippen LogP contribution is 2.24. The number of halogens is 2. The van der Waals surface area contributed by atoms with Gasteiger partial charge in [0.05, 0.1) is 6.54 Å². The molecule has 150 valence electrons. The summed E-state index contributed by atoms with van der Waals surface area (Å²) in [6, 6.07) is 13.9. The lowest BCUT2D eigenvalue weighted by Crippen LogP contribution is -2.27. The van der Waals surface area contributed by atoms with Gasteiger partial charge in [-0.3, -0.25) is 4.57 Å². The van der Waals surface area contributed by atoms with Gasteiger partial charge < -0.3 is 10.2 Å². The number of hydrogen-bond donors (Lipinski definition) is 1. The van der Waals surface area contributed by atoms with Gasteiger partial charge in [-0.2, -0.15) is 4.98 Å². The summed E-state index contributed by atoms with van der Waals surface area (Å²) < 4.78 is 14.5. The molecule has 1 aliphatic rings. The molecule has 0 amide bonds. The maximum atomic E-state index is 13.1. The largest absolute Gasteiger partial charge is 0.371 e. The van der Waals surface area contributed by atoms with Crippen LogP contribution in [0.3, 0.4) is 0 Å². The van der Waals surface area contributed by atoms with E-state index in [4.69, 9.17) is 11.6 Å². The molecule has 4 rings (SSSR count). The third-order valence-electron chi connectivity index (χ3n) is 5.06. The van der Waals surface area contributed by atoms with E-state index in [9.17, 15) is 9.18 Å². The molecule has 0 saturated carbocycles. The predicted octanol–water partition coefficient (Wildman–Crippen LogP) is 3.42. The fourth-order valence-corrected chi connectivity index (χ4v) is 3.58. The maximum absolute atomic E-state index is 13.1. The van der Waals surface area contributed by atoms with Crippen LogP contribution in [0.15, 0.2) is 59.7 Å². The molecule has 29 heavy (non-hydrogen) atoms. The smallest absolute Gasteiger partial charge is 0.352 e. The number of rotatable bonds is 6. The molecule has 1 fully saturated rings. The summed E-state index contributed by atoms with van der Waals surface area (Å²) in [5.41, 5.74) is 1.62. The zero-order valence-electron chi connectivity index (χ0n) is 15.8. The number of anilines is 2. The van der Waals surface area contributed by atoms with Crippen LogP contribution in [-0.4, -0.2) is 34.2 Å². The minimum absolute atomic E-state index is 0.228. The zero-order valence-corrected chi connectivity index (χ0v) is 16.5. The standard InChI is InChI=1S/C21H21ClFN5O/c22-17-3-1-15(2-4-17)12-28-14-25-20(26-21(28)29)24-11-16-9-10-27(13-16)19-7-5-18(23)6-8-19/h1-8,14,16H,9-13H2,(H,24,26,29)/t16-/m1/s1. The van der Waals surface area contributed by atoms with Gasteiger partial charge in [0.1, 0.15) is 12.1 Å². The van der Waals surface area contributed by atoms with Crippen molar-refractivity contribution in [2.24, 2.45) is 5.92 Å². The van der Waals surface area contributed by atoms with Crippen molar-refractivity contribution < 1.29 is 4.39 Å². The Morgan fingerprint density at radius 3 is 2.62 bits per heavy atom. The molecule has 0 spiro atoms. The summed E-state index contributed by atoms with van der Waals surface area (Å²) in [4.78, 5) is 22.8. The van der Waals surface area contributed by atoms with Crippen molar-refractivity contribution in [3.8, 4) is 0 Å². The molecule has 1 atom stereocenters. The normalized spacial score (nSPS) is 16.2. The Hall–Kier alpha value is -2.93. The fraction of sp³-hybridized carbons (Fsp3) is 0.286. The Morgan fingerprint density at radius 2 is 1.90 bits per heavy atom. The summed E-state index contributed by atoms with van der Waals surface area (Å²) in [6.45, 7) is 2.86. The van der Waals surface area contributed by atoms with Gasteiger partial charge in [0, 0.05) is 30.3 Å². The molecule has 0 aliphatic carbocycles. The second-order valence-corrected chi connectivity index (χ2v) is 7.61. The van der Waals surface area contributed by atoms with Crippen LogP contribution in [0.2, 0.25) is 5.02 Å². The summed E-state index contributed by atoms with van der Waals surface area (Å²) in [7, 11) is 0. The highest BCUT2D eigenvalue weighted by molar-refractivity contribution is 6.30. The van der Waals surface area contributed by atoms with Crippen LogP contribution in [0, 0.1) is 11.7 Å². The van der Waals surface area contributed by atoms with Crippen molar-refractivity contribution in [3.05, 3.63) is 81.7 Å². The van der Waals surface area contributed by atoms with E-state index in [1.54, 1.807) is 24.3 Å². The second-order valence-electron chi connectivity index (χ2n) is 7.17. The lowest BCUT2D eigenvalue weighted by molar-refractivity contribution is 0.615. The van der Waals surface area contributed by atoms with E-state index in [-0.39, 0.29) is 11.5 Å². The first-order chi connectivity index (χ1) is 14.1. The second kappa shape index (κ2) is 8.61. The van der Waals surface area contributed by atoms with Gasteiger partial charge in [-0.15, -0.1) is 0 Å². The van der Waals surface area contributed by atoms with E-state index in [0.717, 1.165) is 30.8 Å². The molecule has 8 heteroatoms. The van der Waals surface area contributed by atoms with Gasteiger partial charge in [-0.05, 0) is 54.3 Å². The molecule has 2 aromatic carbocycles. The molecule has 0 unspecified atom stereocenters. The van der Waals surface area contributed by atoms with Gasteiger partial charge in [0.15, 0.2) is 0 Å². The average Bonchev–Trinajstić information content (AvgIpc) is 3.19. The van der Waals surface area contributed by atoms with Crippen LogP contribution >= 0.6 is 11.6 Å². The molecule has 0 bridgehead atoms. The van der Waals surface area contributed by atoms with Crippen molar-refractivity contribution in [1.29, 1.82) is 0 Å². The van der Waals surface area contributed by atoms with Crippen molar-refractivity contribution in [2.45, 2.75) is 13.0 Å². The van der Waals surface area contributed by atoms with Crippen LogP contribution in [0.4, 0.5) is 16.0 Å². The summed E-state index contributed by atoms with van der Waals surface area (Å²) in [5, 5.41) is 3.82. The Morgan fingerprint density at radius 1 is 1.14 bits per heavy atom. The minimum atomic E-state index is -0.350. The molecule has 0 radical (unpaired) electrons. The Labute approximate surface area is 173 Å². The number of benzene rings is 2. The average molecular weight is 414 g/mol. The van der Waals surface area contributed by atoms with Gasteiger partial charge in [-0.25, -0.2) is 14.2 Å². The highest BCUT2D eigenvalue weighted by Gasteiger charge is 2.22. The van der Waals surface area contributed by atoms with Gasteiger partial charge in [0.2, 0.25) is 5.95 Å². The number of nitrogens with zero attached hydrogens (tertiary/aromatic N) is 4. The van der Waals surface area contributed by atoms with E-state index in [1.807, 2.05) is 12.1 Å². The molecule has 1 N–H and O–H groups in total. The van der Waals surface area contributed by atoms with E-state index in [0.29, 0.717) is 30.0 Å². The zero-order chi connectivity index (χ0) is 20.2. The molecule has 1 saturated heterocycles. The third-order valence-corrected chi connectivity index (χ3v) is 5.31. The first kappa shape index (κ1) is 19.4. The van der Waals surface area contributed by atoms with Crippen molar-refractivity contribution in [2.75, 3.05) is 29.9 Å². The Balaban J connectivity index is 1.32. The molecule has 2 heterocycles. The fourth-order valence-electron chi connectivity index (χ4n) is 3.46. The maximum Gasteiger partial charge on any atom is 0.352 e. The van der Waals surface area contributed by atoms with E-state index in [2.05, 4.69) is 20.2 Å². The lowest BCUT2D eigenvalue weighted by Gasteiger charge is -2.18. The first-order valence-corrected chi connectivity index (χ1v) is 9.87. The molecule has 1 aromatic heterocycles. The summed E-state index contributed by atoms with van der Waals surface area (Å²) >= 11 is 5.89. The SMILES string of the molecule is O=c1nc(NC[C@H]2CCN(c3ccc(F)cc3)C2)ncn1Cc1ccc(Cl)cc1. The van der Waals surface area contributed by atoms with Gasteiger partial charge >= 0.3 is 5.69 Å². The summed E-state index contributed by atoms with van der Waals surface area (Å²) in [5.74, 6) is 0.511. The highest BCUT2D eigenvalue weighted by atomic mass is 35.5. The van der Waals surface area contributed by atoms with Crippen molar-refractivity contribution >= 4 is 23.2 Å². The van der Waals surface area contributed by atoms with Crippen LogP contribution < -0.4 is 15.9 Å². The van der Waals surface area contributed by atoms with Crippen molar-refractivity contribution in [3.63, 3.8) is 0 Å². The van der Waals surface area contributed by atoms with Crippen LogP contribution in [0.5, 0.6) is 0 Å². The van der Waals surface area contributed by atoms with Gasteiger partial charge in [0.25, 0.3) is 0 Å². The topological polar surface area (TPSA) is 63.1 Å². The van der Waals surface area contributed by atoms with Crippen LogP contribution in [0.25, 0.3) is 0 Å². The van der Waals surface area contributed by atoms with E-state index in [1.165, 1.54) is 23.0 Å². The minimum Gasteiger partial charge on any atom is -0.371 e.